The third-order valence-electron chi connectivity index (χ3n) is 13.2. The minimum atomic E-state index is -3.58. The van der Waals surface area contributed by atoms with Crippen molar-refractivity contribution in [3.05, 3.63) is 119 Å². The highest BCUT2D eigenvalue weighted by atomic mass is 32.2. The normalized spacial score (nSPS) is 25.3. The SMILES string of the molecule is CNC1CCCC12CCN(S(=O)(=O)c1ccc(C)cc1)c1ccccc1C2.Cc1ccc(S(=O)(=O)N2CCC3(CCCC3N(C)C)Cc3ccccc32)cc1. The molecule has 2 fully saturated rings. The Labute approximate surface area is 330 Å². The van der Waals surface area contributed by atoms with Gasteiger partial charge in [-0.25, -0.2) is 16.8 Å². The van der Waals surface area contributed by atoms with Crippen molar-refractivity contribution in [1.29, 1.82) is 0 Å². The van der Waals surface area contributed by atoms with Crippen molar-refractivity contribution in [2.75, 3.05) is 42.8 Å². The van der Waals surface area contributed by atoms with Crippen LogP contribution in [-0.2, 0) is 32.9 Å². The van der Waals surface area contributed by atoms with E-state index in [1.807, 2.05) is 81.6 Å². The largest absolute Gasteiger partial charge is 0.316 e. The zero-order valence-corrected chi connectivity index (χ0v) is 34.8. The first-order valence-electron chi connectivity index (χ1n) is 20.0. The molecule has 8 nitrogen and oxygen atoms in total. The second-order valence-electron chi connectivity index (χ2n) is 16.7. The summed E-state index contributed by atoms with van der Waals surface area (Å²) >= 11 is 0. The molecular weight excluding hydrogens is 725 g/mol. The van der Waals surface area contributed by atoms with Crippen LogP contribution < -0.4 is 13.9 Å². The number of hydrogen-bond acceptors (Lipinski definition) is 6. The summed E-state index contributed by atoms with van der Waals surface area (Å²) in [6, 6.07) is 31.4. The number of nitrogens with zero attached hydrogens (tertiary/aromatic N) is 3. The molecule has 0 bridgehead atoms. The first-order chi connectivity index (χ1) is 26.3. The molecule has 1 N–H and O–H groups in total. The van der Waals surface area contributed by atoms with Crippen molar-refractivity contribution < 1.29 is 16.8 Å². The van der Waals surface area contributed by atoms with Gasteiger partial charge >= 0.3 is 0 Å². The first kappa shape index (κ1) is 39.5. The van der Waals surface area contributed by atoms with Gasteiger partial charge < -0.3 is 10.2 Å². The quantitative estimate of drug-likeness (QED) is 0.213. The van der Waals surface area contributed by atoms with Crippen LogP contribution in [0.5, 0.6) is 0 Å². The van der Waals surface area contributed by atoms with E-state index in [1.54, 1.807) is 32.9 Å². The number of aryl methyl sites for hydroxylation is 2. The lowest BCUT2D eigenvalue weighted by Gasteiger charge is -2.39. The van der Waals surface area contributed by atoms with Gasteiger partial charge in [-0.2, -0.15) is 0 Å². The molecule has 2 spiro atoms. The van der Waals surface area contributed by atoms with Crippen LogP contribution in [0.3, 0.4) is 0 Å². The molecule has 8 rings (SSSR count). The van der Waals surface area contributed by atoms with Gasteiger partial charge in [0, 0.05) is 25.2 Å². The molecule has 2 aliphatic carbocycles. The number of hydrogen-bond donors (Lipinski definition) is 1. The summed E-state index contributed by atoms with van der Waals surface area (Å²) in [5.41, 5.74) is 6.42. The maximum absolute atomic E-state index is 13.5. The molecule has 4 unspecified atom stereocenters. The summed E-state index contributed by atoms with van der Waals surface area (Å²) in [5, 5.41) is 3.51. The van der Waals surface area contributed by atoms with E-state index < -0.39 is 20.0 Å². The molecule has 2 heterocycles. The fourth-order valence-electron chi connectivity index (χ4n) is 10.3. The van der Waals surface area contributed by atoms with E-state index in [-0.39, 0.29) is 10.8 Å². The van der Waals surface area contributed by atoms with E-state index in [2.05, 4.69) is 36.4 Å². The molecular formula is C45H58N4O4S2. The maximum Gasteiger partial charge on any atom is 0.264 e. The van der Waals surface area contributed by atoms with Crippen molar-refractivity contribution >= 4 is 31.4 Å². The fourth-order valence-corrected chi connectivity index (χ4v) is 13.3. The molecule has 4 aliphatic rings. The second-order valence-corrected chi connectivity index (χ2v) is 20.4. The average molecular weight is 783 g/mol. The molecule has 294 valence electrons. The maximum atomic E-state index is 13.5. The Kier molecular flexibility index (Phi) is 11.3. The van der Waals surface area contributed by atoms with Crippen LogP contribution >= 0.6 is 0 Å². The zero-order valence-electron chi connectivity index (χ0n) is 33.2. The summed E-state index contributed by atoms with van der Waals surface area (Å²) in [4.78, 5) is 3.09. The molecule has 4 aromatic rings. The van der Waals surface area contributed by atoms with Gasteiger partial charge in [-0.1, -0.05) is 84.6 Å². The van der Waals surface area contributed by atoms with Crippen LogP contribution in [0.4, 0.5) is 11.4 Å². The van der Waals surface area contributed by atoms with Crippen LogP contribution in [0, 0.1) is 24.7 Å². The number of benzene rings is 4. The number of para-hydroxylation sites is 2. The van der Waals surface area contributed by atoms with Gasteiger partial charge in [0.15, 0.2) is 0 Å². The molecule has 0 radical (unpaired) electrons. The third kappa shape index (κ3) is 7.59. The smallest absolute Gasteiger partial charge is 0.264 e. The summed E-state index contributed by atoms with van der Waals surface area (Å²) < 4.78 is 57.4. The van der Waals surface area contributed by atoms with E-state index in [0.717, 1.165) is 65.7 Å². The van der Waals surface area contributed by atoms with Crippen LogP contribution in [-0.4, -0.2) is 68.1 Å². The molecule has 2 aliphatic heterocycles. The van der Waals surface area contributed by atoms with Gasteiger partial charge in [0.2, 0.25) is 0 Å². The lowest BCUT2D eigenvalue weighted by atomic mass is 9.74. The molecule has 2 saturated carbocycles. The monoisotopic (exact) mass is 782 g/mol. The molecule has 0 saturated heterocycles. The highest BCUT2D eigenvalue weighted by Crippen LogP contribution is 2.50. The van der Waals surface area contributed by atoms with Gasteiger partial charge in [0.25, 0.3) is 20.0 Å². The van der Waals surface area contributed by atoms with Crippen LogP contribution in [0.15, 0.2) is 107 Å². The predicted molar refractivity (Wildman–Crippen MR) is 224 cm³/mol. The number of sulfonamides is 2. The van der Waals surface area contributed by atoms with Gasteiger partial charge in [0.05, 0.1) is 21.2 Å². The zero-order chi connectivity index (χ0) is 39.0. The van der Waals surface area contributed by atoms with Gasteiger partial charge in [-0.05, 0) is 145 Å². The van der Waals surface area contributed by atoms with Crippen molar-refractivity contribution in [2.45, 2.75) is 99.9 Å². The lowest BCUT2D eigenvalue weighted by molar-refractivity contribution is 0.126. The van der Waals surface area contributed by atoms with Gasteiger partial charge in [0.1, 0.15) is 0 Å². The molecule has 0 aromatic heterocycles. The van der Waals surface area contributed by atoms with E-state index in [9.17, 15) is 16.8 Å². The molecule has 10 heteroatoms. The van der Waals surface area contributed by atoms with Crippen molar-refractivity contribution in [1.82, 2.24) is 10.2 Å². The number of nitrogens with one attached hydrogen (secondary N) is 1. The summed E-state index contributed by atoms with van der Waals surface area (Å²) in [5.74, 6) is 0. The Bertz CT molecular complexity index is 2190. The predicted octanol–water partition coefficient (Wildman–Crippen LogP) is 8.13. The minimum Gasteiger partial charge on any atom is -0.316 e. The molecule has 4 aromatic carbocycles. The summed E-state index contributed by atoms with van der Waals surface area (Å²) in [7, 11) is -0.792. The Morgan fingerprint density at radius 2 is 1.04 bits per heavy atom. The number of anilines is 2. The first-order valence-corrected chi connectivity index (χ1v) is 22.9. The van der Waals surface area contributed by atoms with Crippen LogP contribution in [0.1, 0.15) is 73.6 Å². The Hall–Kier alpha value is -3.70. The Morgan fingerprint density at radius 3 is 1.53 bits per heavy atom. The van der Waals surface area contributed by atoms with E-state index in [0.29, 0.717) is 35.0 Å². The van der Waals surface area contributed by atoms with E-state index in [1.165, 1.54) is 32.1 Å². The molecule has 4 atom stereocenters. The average Bonchev–Trinajstić information content (AvgIpc) is 3.66. The van der Waals surface area contributed by atoms with Gasteiger partial charge in [-0.15, -0.1) is 0 Å². The van der Waals surface area contributed by atoms with Crippen LogP contribution in [0.2, 0.25) is 0 Å². The standard InChI is InChI=1S/C23H30N2O2S.C22H28N2O2S/c1-18-10-12-20(13-11-18)28(26,27)25-16-15-23(14-6-9-22(23)24(2)3)17-19-7-4-5-8-21(19)25;1-17-9-11-19(12-10-17)27(25,26)24-15-14-22(13-5-8-21(22)23-2)16-18-6-3-4-7-20(18)24/h4-5,7-8,10-13,22H,6,9,14-17H2,1-3H3;3-4,6-7,9-12,21,23H,5,8,13-16H2,1-2H3. The Morgan fingerprint density at radius 1 is 0.600 bits per heavy atom. The van der Waals surface area contributed by atoms with Gasteiger partial charge in [-0.3, -0.25) is 8.61 Å². The van der Waals surface area contributed by atoms with Crippen molar-refractivity contribution in [3.8, 4) is 0 Å². The van der Waals surface area contributed by atoms with Crippen molar-refractivity contribution in [2.24, 2.45) is 10.8 Å². The number of fused-ring (bicyclic) bond motifs is 2. The second kappa shape index (κ2) is 15.7. The number of rotatable bonds is 6. The Balaban J connectivity index is 0.000000169. The third-order valence-corrected chi connectivity index (χ3v) is 16.8. The molecule has 55 heavy (non-hydrogen) atoms. The topological polar surface area (TPSA) is 90.0 Å². The fraction of sp³-hybridized carbons (Fsp3) is 0.467. The van der Waals surface area contributed by atoms with E-state index in [4.69, 9.17) is 0 Å². The van der Waals surface area contributed by atoms with Crippen molar-refractivity contribution in [3.63, 3.8) is 0 Å². The minimum absolute atomic E-state index is 0.141. The summed E-state index contributed by atoms with van der Waals surface area (Å²) in [6.07, 6.45) is 10.8. The van der Waals surface area contributed by atoms with E-state index >= 15 is 0 Å². The summed E-state index contributed by atoms with van der Waals surface area (Å²) in [6.45, 7) is 5.02. The lowest BCUT2D eigenvalue weighted by Crippen LogP contribution is -2.43. The molecule has 0 amide bonds. The highest BCUT2D eigenvalue weighted by Gasteiger charge is 2.47. The van der Waals surface area contributed by atoms with Crippen LogP contribution in [0.25, 0.3) is 0 Å². The highest BCUT2D eigenvalue weighted by molar-refractivity contribution is 7.93.